The molecule has 3 unspecified atom stereocenters. The van der Waals surface area contributed by atoms with E-state index in [-0.39, 0.29) is 48.3 Å². The molecule has 3 aliphatic heterocycles. The Morgan fingerprint density at radius 2 is 0.721 bits per heavy atom. The Morgan fingerprint density at radius 1 is 0.441 bits per heavy atom. The van der Waals surface area contributed by atoms with Gasteiger partial charge in [0.1, 0.15) is 11.2 Å². The average Bonchev–Trinajstić information content (AvgIpc) is 1.67. The second kappa shape index (κ2) is 41.0. The number of hydrogen-bond acceptors (Lipinski definition) is 15. The highest BCUT2D eigenvalue weighted by molar-refractivity contribution is 6.22. The number of aliphatic imine (C=N–C) groups is 3. The van der Waals surface area contributed by atoms with Crippen LogP contribution in [0.4, 0.5) is 17.1 Å². The fourth-order valence-electron chi connectivity index (χ4n) is 13.2. The van der Waals surface area contributed by atoms with E-state index in [0.717, 1.165) is 44.8 Å². The molecule has 22 heteroatoms. The number of nitrogens with two attached hydrogens (primary N) is 2. The van der Waals surface area contributed by atoms with Crippen LogP contribution in [-0.4, -0.2) is 126 Å². The van der Waals surface area contributed by atoms with Crippen molar-refractivity contribution in [1.82, 2.24) is 10.6 Å². The van der Waals surface area contributed by atoms with E-state index in [4.69, 9.17) is 30.9 Å². The Labute approximate surface area is 654 Å². The third-order valence-electron chi connectivity index (χ3n) is 18.4. The molecule has 111 heavy (non-hydrogen) atoms. The molecule has 9 rings (SSSR count). The Morgan fingerprint density at radius 3 is 1.03 bits per heavy atom. The van der Waals surface area contributed by atoms with Crippen LogP contribution in [0.1, 0.15) is 155 Å². The summed E-state index contributed by atoms with van der Waals surface area (Å²) in [6.07, 6.45) is 3.82. The second-order valence-corrected chi connectivity index (χ2v) is 30.9. The van der Waals surface area contributed by atoms with Crippen LogP contribution in [0.2, 0.25) is 0 Å². The van der Waals surface area contributed by atoms with Gasteiger partial charge in [0.05, 0.1) is 69.7 Å². The number of primary amides is 1. The number of likely N-dealkylation sites (N-methyl/N-ethyl adjacent to an activating group) is 3. The number of anilines is 3. The summed E-state index contributed by atoms with van der Waals surface area (Å²) in [6.45, 7) is 33.6. The highest BCUT2D eigenvalue weighted by atomic mass is 16.6. The standard InChI is InChI=1S/C31H39N3O4.C27H32N4O3.C16H15N3O.C15H26O4/c1-8-14-22(30(37)38-31(4,5)6)24(19-20(2)3)28(35)33-27-29(36)34(7)25-18-13-12-17-23(25)26(32-27)21-15-10-9-11-16-21;1-5-11-19(24(28)32)21(16-17(2)3)26(33)30-25-27(34)31(4)22-15-10-9-14-20(22)23(29-25)18-12-7-6-8-13-18;1-19-13-10-6-5-9-12(13)14(18-15(17)16(19)20)11-7-3-2-4-8-11;1-7-8-11(14(18)19-15(4,5)6)12(13(16)17)9-10(2)3/h8-13,15-18,20,22,24,27H,1,14,19H2,2-7H3,(H,33,35);5-10,12-15,17,19,21,25H,1,11,16H2,2-4H3,(H2,28,32)(H,30,33);2-10,15H,17H2,1H3;7,10-12H,1,8-9H2,2-6H3,(H,16,17)/t22-,24+,27?;19-,21+,25?;;11-,12+/m00.0/s1. The Hall–Kier alpha value is -11.3. The molecule has 590 valence electrons. The minimum atomic E-state index is -1.16. The lowest BCUT2D eigenvalue weighted by Crippen LogP contribution is -2.50. The number of nitrogens with one attached hydrogen (secondary N) is 2. The molecule has 3 heterocycles. The van der Waals surface area contributed by atoms with Crippen LogP contribution in [0.5, 0.6) is 0 Å². The summed E-state index contributed by atoms with van der Waals surface area (Å²) in [6, 6.07) is 51.6. The van der Waals surface area contributed by atoms with E-state index >= 15 is 0 Å². The van der Waals surface area contributed by atoms with Crippen molar-refractivity contribution >= 4 is 87.5 Å². The predicted octanol–water partition coefficient (Wildman–Crippen LogP) is 13.5. The van der Waals surface area contributed by atoms with Gasteiger partial charge in [-0.25, -0.2) is 9.98 Å². The molecule has 6 aromatic rings. The first kappa shape index (κ1) is 88.6. The molecule has 0 saturated heterocycles. The van der Waals surface area contributed by atoms with Gasteiger partial charge in [-0.15, -0.1) is 19.7 Å². The summed E-state index contributed by atoms with van der Waals surface area (Å²) in [5, 5.41) is 15.0. The van der Waals surface area contributed by atoms with Gasteiger partial charge in [-0.2, -0.15) is 0 Å². The van der Waals surface area contributed by atoms with Gasteiger partial charge in [0, 0.05) is 54.5 Å². The summed E-state index contributed by atoms with van der Waals surface area (Å²) in [5.41, 5.74) is 19.5. The molecule has 0 spiro atoms. The molecule has 3 aliphatic rings. The number of carbonyl (C=O) groups is 9. The van der Waals surface area contributed by atoms with E-state index < -0.39 is 101 Å². The minimum absolute atomic E-state index is 0.126. The van der Waals surface area contributed by atoms with Crippen molar-refractivity contribution in [2.75, 3.05) is 35.8 Å². The molecule has 0 radical (unpaired) electrons. The number of nitrogens with zero attached hydrogens (tertiary/aromatic N) is 6. The van der Waals surface area contributed by atoms with Crippen LogP contribution < -0.4 is 36.8 Å². The molecule has 6 amide bonds. The van der Waals surface area contributed by atoms with Gasteiger partial charge >= 0.3 is 17.9 Å². The molecule has 9 atom stereocenters. The normalized spacial score (nSPS) is 17.0. The number of hydrogen-bond donors (Lipinski definition) is 5. The van der Waals surface area contributed by atoms with Gasteiger partial charge in [-0.1, -0.05) is 205 Å². The fourth-order valence-corrected chi connectivity index (χ4v) is 13.2. The number of aliphatic carboxylic acids is 1. The molecular formula is C89H112N10O12. The maximum absolute atomic E-state index is 13.8. The van der Waals surface area contributed by atoms with Crippen LogP contribution in [0.25, 0.3) is 0 Å². The number of amides is 6. The monoisotopic (exact) mass is 1510 g/mol. The van der Waals surface area contributed by atoms with Crippen molar-refractivity contribution in [2.45, 2.75) is 151 Å². The lowest BCUT2D eigenvalue weighted by molar-refractivity contribution is -0.167. The fraction of sp³-hybridized carbons (Fsp3) is 0.393. The number of rotatable bonds is 26. The first-order chi connectivity index (χ1) is 52.4. The lowest BCUT2D eigenvalue weighted by atomic mass is 9.82. The third-order valence-corrected chi connectivity index (χ3v) is 18.4. The van der Waals surface area contributed by atoms with Crippen molar-refractivity contribution < 1.29 is 57.7 Å². The molecule has 7 N–H and O–H groups in total. The number of carboxylic acid groups (broad SMARTS) is 1. The van der Waals surface area contributed by atoms with E-state index in [9.17, 15) is 48.3 Å². The third kappa shape index (κ3) is 24.9. The van der Waals surface area contributed by atoms with Gasteiger partial charge in [-0.3, -0.25) is 48.1 Å². The van der Waals surface area contributed by atoms with E-state index in [1.807, 2.05) is 205 Å². The van der Waals surface area contributed by atoms with E-state index in [1.54, 1.807) is 85.8 Å². The van der Waals surface area contributed by atoms with Crippen LogP contribution >= 0.6 is 0 Å². The molecule has 0 saturated carbocycles. The predicted molar refractivity (Wildman–Crippen MR) is 440 cm³/mol. The van der Waals surface area contributed by atoms with Crippen LogP contribution in [0.15, 0.2) is 217 Å². The second-order valence-electron chi connectivity index (χ2n) is 30.9. The highest BCUT2D eigenvalue weighted by Gasteiger charge is 2.42. The number of benzodiazepines with no additional fused rings is 3. The highest BCUT2D eigenvalue weighted by Crippen LogP contribution is 2.34. The number of esters is 2. The first-order valence-electron chi connectivity index (χ1n) is 37.6. The summed E-state index contributed by atoms with van der Waals surface area (Å²) >= 11 is 0. The summed E-state index contributed by atoms with van der Waals surface area (Å²) in [4.78, 5) is 134. The topological polar surface area (TPSA) is 315 Å². The number of carboxylic acids is 1. The number of ether oxygens (including phenoxy) is 2. The van der Waals surface area contributed by atoms with Crippen molar-refractivity contribution in [1.29, 1.82) is 0 Å². The number of para-hydroxylation sites is 3. The van der Waals surface area contributed by atoms with Crippen molar-refractivity contribution in [3.63, 3.8) is 0 Å². The van der Waals surface area contributed by atoms with Gasteiger partial charge in [0.15, 0.2) is 6.17 Å². The van der Waals surface area contributed by atoms with Crippen molar-refractivity contribution in [3.8, 4) is 0 Å². The van der Waals surface area contributed by atoms with Crippen molar-refractivity contribution in [2.24, 2.45) is 79.7 Å². The molecule has 6 aromatic carbocycles. The molecular weight excluding hydrogens is 1400 g/mol. The van der Waals surface area contributed by atoms with E-state index in [2.05, 4.69) is 35.4 Å². The molecule has 0 aliphatic carbocycles. The minimum Gasteiger partial charge on any atom is -0.481 e. The zero-order valence-electron chi connectivity index (χ0n) is 66.9. The Kier molecular flexibility index (Phi) is 32.7. The molecule has 22 nitrogen and oxygen atoms in total. The number of allylic oxidation sites excluding steroid dienone is 3. The van der Waals surface area contributed by atoms with Crippen LogP contribution in [0, 0.1) is 53.3 Å². The number of carbonyl (C=O) groups excluding carboxylic acids is 8. The number of benzene rings is 6. The first-order valence-corrected chi connectivity index (χ1v) is 37.6. The SMILES string of the molecule is C=CC[C@H](C(=O)OC(C)(C)C)[C@@H](CC(C)C)C(=O)NC1N=C(c2ccccc2)c2ccccc2N(C)C1=O.C=CC[C@H](C(=O)OC(C)(C)C)[C@@H](CC(C)C)C(=O)O.C=CC[C@H](C(N)=O)[C@@H](CC(C)C)C(=O)NC1N=C(c2ccccc2)c2ccccc2N(C)C1=O.CN1C(=O)C(N)N=C(c2ccccc2)c2ccccc21. The van der Waals surface area contributed by atoms with Crippen molar-refractivity contribution in [3.05, 3.63) is 235 Å². The van der Waals surface area contributed by atoms with Gasteiger partial charge < -0.3 is 51.4 Å². The zero-order valence-corrected chi connectivity index (χ0v) is 66.9. The summed E-state index contributed by atoms with van der Waals surface area (Å²) in [7, 11) is 5.07. The van der Waals surface area contributed by atoms with E-state index in [0.29, 0.717) is 48.5 Å². The summed E-state index contributed by atoms with van der Waals surface area (Å²) < 4.78 is 11.0. The molecule has 0 fully saturated rings. The Bertz CT molecular complexity index is 4350. The van der Waals surface area contributed by atoms with Gasteiger partial charge in [0.25, 0.3) is 17.7 Å². The largest absolute Gasteiger partial charge is 0.481 e. The Balaban J connectivity index is 0.000000241. The van der Waals surface area contributed by atoms with Gasteiger partial charge in [0.2, 0.25) is 30.1 Å². The maximum atomic E-state index is 13.8. The molecule has 0 bridgehead atoms. The summed E-state index contributed by atoms with van der Waals surface area (Å²) in [5.74, 6) is -7.99. The lowest BCUT2D eigenvalue weighted by Gasteiger charge is -2.30. The average molecular weight is 1510 g/mol. The van der Waals surface area contributed by atoms with Crippen LogP contribution in [0.3, 0.4) is 0 Å². The number of fused-ring (bicyclic) bond motifs is 3. The zero-order chi connectivity index (χ0) is 82.2. The molecule has 0 aromatic heterocycles. The quantitative estimate of drug-likeness (QED) is 0.0249. The van der Waals surface area contributed by atoms with E-state index in [1.165, 1.54) is 9.80 Å². The smallest absolute Gasteiger partial charge is 0.310 e. The maximum Gasteiger partial charge on any atom is 0.310 e. The van der Waals surface area contributed by atoms with Gasteiger partial charge in [-0.05, 0) is 116 Å². The van der Waals surface area contributed by atoms with Crippen LogP contribution in [-0.2, 0) is 52.6 Å².